The van der Waals surface area contributed by atoms with Gasteiger partial charge in [-0.15, -0.1) is 0 Å². The number of methoxy groups -OCH3 is 6. The molecular weight excluding hydrogens is 588 g/mol. The second-order valence-electron chi connectivity index (χ2n) is 9.64. The fraction of sp³-hybridized carbons (Fsp3) is 0.222. The highest BCUT2D eigenvalue weighted by molar-refractivity contribution is 6.08. The number of likely N-dealkylation sites (N-methyl/N-ethyl adjacent to an activating group) is 2. The molecule has 0 N–H and O–H groups in total. The number of rotatable bonds is 14. The summed E-state index contributed by atoms with van der Waals surface area (Å²) in [4.78, 5) is 29.1. The minimum atomic E-state index is -0.272. The van der Waals surface area contributed by atoms with Gasteiger partial charge in [0.25, 0.3) is 11.8 Å². The summed E-state index contributed by atoms with van der Waals surface area (Å²) in [5.41, 5.74) is 2.75. The summed E-state index contributed by atoms with van der Waals surface area (Å²) in [6.07, 6.45) is 13.3. The number of carbonyl (C=O) groups is 2. The van der Waals surface area contributed by atoms with Gasteiger partial charge in [0, 0.05) is 26.2 Å². The van der Waals surface area contributed by atoms with Crippen LogP contribution in [0.1, 0.15) is 11.1 Å². The van der Waals surface area contributed by atoms with E-state index in [9.17, 15) is 9.59 Å². The lowest BCUT2D eigenvalue weighted by Crippen LogP contribution is -2.29. The minimum Gasteiger partial charge on any atom is -0.493 e. The van der Waals surface area contributed by atoms with Crippen molar-refractivity contribution < 1.29 is 38.0 Å². The predicted molar refractivity (Wildman–Crippen MR) is 182 cm³/mol. The summed E-state index contributed by atoms with van der Waals surface area (Å²) in [6, 6.07) is 14.4. The number of hydrogen-bond acceptors (Lipinski definition) is 8. The third kappa shape index (κ3) is 8.50. The second kappa shape index (κ2) is 17.0. The summed E-state index contributed by atoms with van der Waals surface area (Å²) >= 11 is 0. The fourth-order valence-electron chi connectivity index (χ4n) is 4.50. The van der Waals surface area contributed by atoms with E-state index >= 15 is 0 Å². The number of allylic oxidation sites excluding steroid dienone is 4. The number of ether oxygens (including phenoxy) is 6. The Labute approximate surface area is 270 Å². The number of amides is 2. The van der Waals surface area contributed by atoms with E-state index in [1.165, 1.54) is 22.0 Å². The lowest BCUT2D eigenvalue weighted by atomic mass is 10.1. The molecule has 0 aliphatic heterocycles. The molecular formula is C36H40N2O8. The van der Waals surface area contributed by atoms with Crippen molar-refractivity contribution in [2.45, 2.75) is 0 Å². The third-order valence-electron chi connectivity index (χ3n) is 6.92. The van der Waals surface area contributed by atoms with Gasteiger partial charge in [-0.3, -0.25) is 9.59 Å². The minimum absolute atomic E-state index is 0.272. The van der Waals surface area contributed by atoms with Crippen LogP contribution < -0.4 is 38.2 Å². The molecule has 0 aliphatic rings. The Hall–Kier alpha value is -5.64. The molecule has 10 heteroatoms. The van der Waals surface area contributed by atoms with Gasteiger partial charge < -0.3 is 38.2 Å². The van der Waals surface area contributed by atoms with E-state index < -0.39 is 0 Å². The topological polar surface area (TPSA) is 96.0 Å². The van der Waals surface area contributed by atoms with Crippen LogP contribution >= 0.6 is 0 Å². The van der Waals surface area contributed by atoms with Crippen molar-refractivity contribution in [1.29, 1.82) is 0 Å². The normalized spacial score (nSPS) is 11.3. The van der Waals surface area contributed by atoms with Crippen molar-refractivity contribution in [3.63, 3.8) is 0 Å². The molecule has 3 aromatic carbocycles. The van der Waals surface area contributed by atoms with E-state index in [4.69, 9.17) is 28.4 Å². The zero-order chi connectivity index (χ0) is 33.6. The van der Waals surface area contributed by atoms with Gasteiger partial charge in [0.2, 0.25) is 11.5 Å². The molecule has 2 amide bonds. The molecule has 0 saturated heterocycles. The van der Waals surface area contributed by atoms with Crippen molar-refractivity contribution in [1.82, 2.24) is 0 Å². The van der Waals surface area contributed by atoms with Crippen LogP contribution in [0.15, 0.2) is 85.0 Å². The van der Waals surface area contributed by atoms with Gasteiger partial charge in [-0.05, 0) is 47.5 Å². The Kier molecular flexibility index (Phi) is 12.9. The fourth-order valence-corrected chi connectivity index (χ4v) is 4.50. The molecule has 0 spiro atoms. The summed E-state index contributed by atoms with van der Waals surface area (Å²) in [6.45, 7) is 0. The van der Waals surface area contributed by atoms with Crippen LogP contribution in [-0.2, 0) is 9.59 Å². The van der Waals surface area contributed by atoms with E-state index in [-0.39, 0.29) is 11.8 Å². The van der Waals surface area contributed by atoms with Gasteiger partial charge in [-0.25, -0.2) is 0 Å². The quantitative estimate of drug-likeness (QED) is 0.154. The van der Waals surface area contributed by atoms with Crippen LogP contribution in [0.3, 0.4) is 0 Å². The first-order valence-electron chi connectivity index (χ1n) is 14.2. The zero-order valence-electron chi connectivity index (χ0n) is 27.4. The summed E-state index contributed by atoms with van der Waals surface area (Å²) in [5, 5.41) is 0. The molecule has 0 fully saturated rings. The lowest BCUT2D eigenvalue weighted by Gasteiger charge is -2.24. The van der Waals surface area contributed by atoms with Gasteiger partial charge >= 0.3 is 0 Å². The molecule has 0 heterocycles. The van der Waals surface area contributed by atoms with Crippen LogP contribution in [0.2, 0.25) is 0 Å². The van der Waals surface area contributed by atoms with E-state index in [2.05, 4.69) is 0 Å². The van der Waals surface area contributed by atoms with Crippen molar-refractivity contribution in [3.8, 4) is 34.5 Å². The van der Waals surface area contributed by atoms with E-state index in [1.807, 2.05) is 24.3 Å². The molecule has 0 atom stereocenters. The molecule has 0 unspecified atom stereocenters. The SMILES string of the molecule is COc1cc(C=CC=CC(=O)N(C)c2ccccc2N(C)C(=O)C=CC=Cc2cc(OC)c(OC)c(OC)c2)cc(OC)c1OC. The van der Waals surface area contributed by atoms with Crippen molar-refractivity contribution in [2.75, 3.05) is 66.6 Å². The van der Waals surface area contributed by atoms with Crippen LogP contribution in [-0.4, -0.2) is 68.6 Å². The molecule has 0 radical (unpaired) electrons. The highest BCUT2D eigenvalue weighted by atomic mass is 16.5. The molecule has 0 aromatic heterocycles. The van der Waals surface area contributed by atoms with Crippen molar-refractivity contribution >= 4 is 35.3 Å². The summed E-state index contributed by atoms with van der Waals surface area (Å²) in [7, 11) is 12.6. The van der Waals surface area contributed by atoms with Crippen LogP contribution in [0.25, 0.3) is 12.2 Å². The number of benzene rings is 3. The molecule has 3 rings (SSSR count). The van der Waals surface area contributed by atoms with Gasteiger partial charge in [-0.1, -0.05) is 48.6 Å². The molecule has 3 aromatic rings. The maximum Gasteiger partial charge on any atom is 0.250 e. The number of anilines is 2. The first-order valence-corrected chi connectivity index (χ1v) is 14.2. The third-order valence-corrected chi connectivity index (χ3v) is 6.92. The van der Waals surface area contributed by atoms with Crippen LogP contribution in [0.4, 0.5) is 11.4 Å². The van der Waals surface area contributed by atoms with Gasteiger partial charge in [0.1, 0.15) is 0 Å². The molecule has 10 nitrogen and oxygen atoms in total. The molecule has 46 heavy (non-hydrogen) atoms. The maximum atomic E-state index is 13.1. The second-order valence-corrected chi connectivity index (χ2v) is 9.64. The van der Waals surface area contributed by atoms with Crippen molar-refractivity contribution in [2.24, 2.45) is 0 Å². The van der Waals surface area contributed by atoms with Crippen LogP contribution in [0, 0.1) is 0 Å². The van der Waals surface area contributed by atoms with E-state index in [1.54, 1.807) is 117 Å². The largest absolute Gasteiger partial charge is 0.493 e. The van der Waals surface area contributed by atoms with E-state index in [0.717, 1.165) is 11.1 Å². The Bertz CT molecular complexity index is 1470. The Balaban J connectivity index is 1.71. The molecule has 0 aliphatic carbocycles. The zero-order valence-corrected chi connectivity index (χ0v) is 27.4. The van der Waals surface area contributed by atoms with Gasteiger partial charge in [-0.2, -0.15) is 0 Å². The molecule has 0 saturated carbocycles. The first kappa shape index (κ1) is 34.8. The summed E-state index contributed by atoms with van der Waals surface area (Å²) < 4.78 is 32.3. The van der Waals surface area contributed by atoms with Gasteiger partial charge in [0.05, 0.1) is 54.0 Å². The van der Waals surface area contributed by atoms with Crippen LogP contribution in [0.5, 0.6) is 34.5 Å². The Morgan fingerprint density at radius 1 is 0.522 bits per heavy atom. The standard InChI is InChI=1S/C36H40N2O8/c1-37(33(39)19-13-9-15-25-21-29(41-3)35(45-7)30(22-25)42-4)27-17-11-12-18-28(27)38(2)34(40)20-14-10-16-26-23-31(43-5)36(46-8)32(24-26)44-6/h9-24H,1-8H3. The maximum absolute atomic E-state index is 13.1. The number of nitrogens with zero attached hydrogens (tertiary/aromatic N) is 2. The van der Waals surface area contributed by atoms with Gasteiger partial charge in [0.15, 0.2) is 23.0 Å². The number of carbonyl (C=O) groups excluding carboxylic acids is 2. The Morgan fingerprint density at radius 3 is 1.13 bits per heavy atom. The molecule has 0 bridgehead atoms. The van der Waals surface area contributed by atoms with Crippen molar-refractivity contribution in [3.05, 3.63) is 96.1 Å². The average Bonchev–Trinajstić information content (AvgIpc) is 3.09. The number of hydrogen-bond donors (Lipinski definition) is 0. The summed E-state index contributed by atoms with van der Waals surface area (Å²) in [5.74, 6) is 2.57. The molecule has 242 valence electrons. The average molecular weight is 629 g/mol. The monoisotopic (exact) mass is 628 g/mol. The number of para-hydroxylation sites is 2. The predicted octanol–water partition coefficient (Wildman–Crippen LogP) is 6.20. The Morgan fingerprint density at radius 2 is 0.848 bits per heavy atom. The first-order chi connectivity index (χ1) is 22.2. The van der Waals surface area contributed by atoms with E-state index in [0.29, 0.717) is 45.9 Å². The smallest absolute Gasteiger partial charge is 0.250 e. The highest BCUT2D eigenvalue weighted by Gasteiger charge is 2.18. The highest BCUT2D eigenvalue weighted by Crippen LogP contribution is 2.39. The lowest BCUT2D eigenvalue weighted by molar-refractivity contribution is -0.114.